The number of pyridine rings is 2. The number of H-pyrrole nitrogens is 1. The van der Waals surface area contributed by atoms with E-state index < -0.39 is 0 Å². The Hall–Kier alpha value is -4.04. The van der Waals surface area contributed by atoms with Crippen LogP contribution in [0.3, 0.4) is 0 Å². The summed E-state index contributed by atoms with van der Waals surface area (Å²) in [5.41, 5.74) is 6.89. The average molecular weight is 598 g/mol. The SMILES string of the molecule is O=C(NCc1ccc(CN(Cc2nc(-c3ccccc3)c[nH]2)C2CCCc3cccnc32)cc1)c1c(Cl)cncc1Cl. The van der Waals surface area contributed by atoms with Gasteiger partial charge in [0, 0.05) is 43.4 Å². The van der Waals surface area contributed by atoms with E-state index in [1.807, 2.05) is 48.8 Å². The number of aromatic nitrogens is 4. The first-order chi connectivity index (χ1) is 20.5. The zero-order valence-electron chi connectivity index (χ0n) is 22.9. The molecule has 0 aliphatic heterocycles. The van der Waals surface area contributed by atoms with Crippen LogP contribution in [0.15, 0.2) is 91.5 Å². The quantitative estimate of drug-likeness (QED) is 0.188. The molecule has 2 N–H and O–H groups in total. The minimum Gasteiger partial charge on any atom is -0.348 e. The number of fused-ring (bicyclic) bond motifs is 1. The minimum atomic E-state index is -0.334. The lowest BCUT2D eigenvalue weighted by Gasteiger charge is -2.34. The number of imidazole rings is 1. The van der Waals surface area contributed by atoms with Crippen LogP contribution in [-0.2, 0) is 26.1 Å². The monoisotopic (exact) mass is 596 g/mol. The van der Waals surface area contributed by atoms with Crippen LogP contribution >= 0.6 is 23.2 Å². The van der Waals surface area contributed by atoms with Gasteiger partial charge in [-0.3, -0.25) is 19.7 Å². The third-order valence-corrected chi connectivity index (χ3v) is 8.17. The molecule has 1 aliphatic rings. The van der Waals surface area contributed by atoms with Crippen molar-refractivity contribution >= 4 is 29.1 Å². The second-order valence-corrected chi connectivity index (χ2v) is 11.3. The van der Waals surface area contributed by atoms with Crippen molar-refractivity contribution in [1.29, 1.82) is 0 Å². The van der Waals surface area contributed by atoms with Gasteiger partial charge in [0.05, 0.1) is 39.6 Å². The predicted molar refractivity (Wildman–Crippen MR) is 165 cm³/mol. The molecule has 0 radical (unpaired) electrons. The normalized spacial score (nSPS) is 14.5. The molecule has 6 rings (SSSR count). The molecule has 1 unspecified atom stereocenters. The lowest BCUT2D eigenvalue weighted by atomic mass is 9.90. The summed E-state index contributed by atoms with van der Waals surface area (Å²) >= 11 is 12.3. The molecule has 1 amide bonds. The molecule has 1 atom stereocenters. The number of rotatable bonds is 9. The van der Waals surface area contributed by atoms with E-state index in [1.54, 1.807) is 0 Å². The van der Waals surface area contributed by atoms with Crippen molar-refractivity contribution < 1.29 is 4.79 Å². The van der Waals surface area contributed by atoms with Crippen LogP contribution in [0.25, 0.3) is 11.3 Å². The second-order valence-electron chi connectivity index (χ2n) is 10.4. The fourth-order valence-corrected chi connectivity index (χ4v) is 6.04. The first-order valence-corrected chi connectivity index (χ1v) is 14.7. The molecule has 7 nitrogen and oxygen atoms in total. The molecule has 5 aromatic rings. The van der Waals surface area contributed by atoms with Gasteiger partial charge in [-0.25, -0.2) is 4.98 Å². The van der Waals surface area contributed by atoms with Crippen LogP contribution in [0.1, 0.15) is 57.5 Å². The van der Waals surface area contributed by atoms with Crippen molar-refractivity contribution in [3.05, 3.63) is 135 Å². The number of carbonyl (C=O) groups excluding carboxylic acids is 1. The van der Waals surface area contributed by atoms with Gasteiger partial charge in [-0.05, 0) is 42.0 Å². The number of amides is 1. The van der Waals surface area contributed by atoms with Gasteiger partial charge in [0.25, 0.3) is 5.91 Å². The molecule has 0 spiro atoms. The third kappa shape index (κ3) is 6.39. The number of benzene rings is 2. The van der Waals surface area contributed by atoms with Crippen molar-refractivity contribution in [2.24, 2.45) is 0 Å². The highest BCUT2D eigenvalue weighted by Gasteiger charge is 2.28. The van der Waals surface area contributed by atoms with Gasteiger partial charge in [0.2, 0.25) is 0 Å². The molecule has 42 heavy (non-hydrogen) atoms. The molecule has 1 aliphatic carbocycles. The van der Waals surface area contributed by atoms with E-state index in [2.05, 4.69) is 50.5 Å². The smallest absolute Gasteiger partial charge is 0.254 e. The van der Waals surface area contributed by atoms with E-state index >= 15 is 0 Å². The fraction of sp³-hybridized carbons (Fsp3) is 0.212. The van der Waals surface area contributed by atoms with E-state index in [4.69, 9.17) is 33.2 Å². The summed E-state index contributed by atoms with van der Waals surface area (Å²) in [6, 6.07) is 22.9. The summed E-state index contributed by atoms with van der Waals surface area (Å²) in [5.74, 6) is 0.587. The molecule has 3 aromatic heterocycles. The zero-order chi connectivity index (χ0) is 28.9. The van der Waals surface area contributed by atoms with Gasteiger partial charge in [-0.2, -0.15) is 0 Å². The van der Waals surface area contributed by atoms with E-state index in [0.717, 1.165) is 54.1 Å². The van der Waals surface area contributed by atoms with Crippen LogP contribution in [-0.4, -0.2) is 30.7 Å². The van der Waals surface area contributed by atoms with E-state index in [1.165, 1.54) is 23.5 Å². The van der Waals surface area contributed by atoms with Crippen molar-refractivity contribution in [3.63, 3.8) is 0 Å². The minimum absolute atomic E-state index is 0.189. The first kappa shape index (κ1) is 28.1. The third-order valence-electron chi connectivity index (χ3n) is 7.60. The predicted octanol–water partition coefficient (Wildman–Crippen LogP) is 7.18. The van der Waals surface area contributed by atoms with Gasteiger partial charge in [-0.15, -0.1) is 0 Å². The highest BCUT2D eigenvalue weighted by Crippen LogP contribution is 2.35. The number of aromatic amines is 1. The van der Waals surface area contributed by atoms with Crippen molar-refractivity contribution in [1.82, 2.24) is 30.2 Å². The van der Waals surface area contributed by atoms with Gasteiger partial charge in [0.1, 0.15) is 5.82 Å². The maximum atomic E-state index is 12.7. The summed E-state index contributed by atoms with van der Waals surface area (Å²) in [6.45, 7) is 1.75. The standard InChI is InChI=1S/C33H30Cl2N6O/c34-26-17-36-18-27(35)31(26)33(42)39-16-22-11-13-23(14-12-22)20-41(29-10-4-8-25-9-5-15-37-32(25)29)21-30-38-19-28(40-30)24-6-2-1-3-7-24/h1-3,5-7,9,11-15,17-19,29H,4,8,10,16,20-21H2,(H,38,40)(H,39,42). The van der Waals surface area contributed by atoms with Crippen molar-refractivity contribution in [2.75, 3.05) is 0 Å². The largest absolute Gasteiger partial charge is 0.348 e. The molecule has 9 heteroatoms. The number of nitrogens with one attached hydrogen (secondary N) is 2. The Balaban J connectivity index is 1.19. The maximum absolute atomic E-state index is 12.7. The Morgan fingerprint density at radius 1 is 0.952 bits per heavy atom. The number of hydrogen-bond donors (Lipinski definition) is 2. The molecule has 0 bridgehead atoms. The summed E-state index contributed by atoms with van der Waals surface area (Å²) in [7, 11) is 0. The molecule has 0 saturated carbocycles. The number of carbonyl (C=O) groups is 1. The Labute approximate surface area is 255 Å². The molecule has 0 fully saturated rings. The summed E-state index contributed by atoms with van der Waals surface area (Å²) < 4.78 is 0. The Bertz CT molecular complexity index is 1650. The Kier molecular flexibility index (Phi) is 8.60. The van der Waals surface area contributed by atoms with Crippen LogP contribution in [0.4, 0.5) is 0 Å². The van der Waals surface area contributed by atoms with E-state index in [0.29, 0.717) is 13.1 Å². The van der Waals surface area contributed by atoms with Crippen LogP contribution < -0.4 is 5.32 Å². The van der Waals surface area contributed by atoms with Gasteiger partial charge < -0.3 is 10.3 Å². The molecule has 3 heterocycles. The van der Waals surface area contributed by atoms with Gasteiger partial charge in [0.15, 0.2) is 0 Å². The highest BCUT2D eigenvalue weighted by molar-refractivity contribution is 6.39. The topological polar surface area (TPSA) is 86.8 Å². The van der Waals surface area contributed by atoms with Crippen LogP contribution in [0.2, 0.25) is 10.0 Å². The lowest BCUT2D eigenvalue weighted by molar-refractivity contribution is 0.0951. The lowest BCUT2D eigenvalue weighted by Crippen LogP contribution is -2.31. The number of nitrogens with zero attached hydrogens (tertiary/aromatic N) is 4. The number of aryl methyl sites for hydroxylation is 1. The summed E-state index contributed by atoms with van der Waals surface area (Å²) in [6.07, 6.45) is 9.92. The zero-order valence-corrected chi connectivity index (χ0v) is 24.4. The molecular formula is C33H30Cl2N6O. The Morgan fingerprint density at radius 2 is 1.71 bits per heavy atom. The van der Waals surface area contributed by atoms with Crippen LogP contribution in [0.5, 0.6) is 0 Å². The average Bonchev–Trinajstić information content (AvgIpc) is 3.49. The molecule has 2 aromatic carbocycles. The van der Waals surface area contributed by atoms with Gasteiger partial charge >= 0.3 is 0 Å². The number of halogens is 2. The number of hydrogen-bond acceptors (Lipinski definition) is 5. The van der Waals surface area contributed by atoms with E-state index in [-0.39, 0.29) is 27.6 Å². The van der Waals surface area contributed by atoms with Gasteiger partial charge in [-0.1, -0.05) is 83.9 Å². The molecule has 0 saturated heterocycles. The second kappa shape index (κ2) is 12.9. The van der Waals surface area contributed by atoms with Crippen LogP contribution in [0, 0.1) is 0 Å². The maximum Gasteiger partial charge on any atom is 0.254 e. The summed E-state index contributed by atoms with van der Waals surface area (Å²) in [4.78, 5) is 32.2. The van der Waals surface area contributed by atoms with E-state index in [9.17, 15) is 4.79 Å². The van der Waals surface area contributed by atoms with Crippen molar-refractivity contribution in [3.8, 4) is 11.3 Å². The first-order valence-electron chi connectivity index (χ1n) is 14.0. The molecule has 212 valence electrons. The Morgan fingerprint density at radius 3 is 2.50 bits per heavy atom. The fourth-order valence-electron chi connectivity index (χ4n) is 5.50. The molecular weight excluding hydrogens is 567 g/mol. The summed E-state index contributed by atoms with van der Waals surface area (Å²) in [5, 5.41) is 3.35. The highest BCUT2D eigenvalue weighted by atomic mass is 35.5. The van der Waals surface area contributed by atoms with Crippen molar-refractivity contribution in [2.45, 2.75) is 44.9 Å².